The zero-order valence-electron chi connectivity index (χ0n) is 18.7. The summed E-state index contributed by atoms with van der Waals surface area (Å²) in [6.07, 6.45) is 6.94. The molecule has 0 unspecified atom stereocenters. The summed E-state index contributed by atoms with van der Waals surface area (Å²) in [5, 5.41) is 0. The average Bonchev–Trinajstić information content (AvgIpc) is 2.78. The van der Waals surface area contributed by atoms with Crippen molar-refractivity contribution in [3.63, 3.8) is 0 Å². The van der Waals surface area contributed by atoms with E-state index in [-0.39, 0.29) is 6.04 Å². The van der Waals surface area contributed by atoms with Crippen molar-refractivity contribution in [2.24, 2.45) is 11.8 Å². The van der Waals surface area contributed by atoms with Crippen molar-refractivity contribution in [1.82, 2.24) is 14.8 Å². The van der Waals surface area contributed by atoms with Crippen molar-refractivity contribution >= 4 is 5.91 Å². The quantitative estimate of drug-likeness (QED) is 0.739. The molecule has 3 aliphatic rings. The molecular weight excluding hydrogens is 386 g/mol. The van der Waals surface area contributed by atoms with Crippen LogP contribution in [0.3, 0.4) is 0 Å². The monoisotopic (exact) mass is 419 g/mol. The Morgan fingerprint density at radius 2 is 2.03 bits per heavy atom. The van der Waals surface area contributed by atoms with Gasteiger partial charge in [-0.3, -0.25) is 14.7 Å². The maximum atomic E-state index is 13.1. The zero-order valence-corrected chi connectivity index (χ0v) is 18.7. The zero-order chi connectivity index (χ0) is 21.4. The smallest absolute Gasteiger partial charge is 0.223 e. The van der Waals surface area contributed by atoms with Gasteiger partial charge in [0.15, 0.2) is 0 Å². The first kappa shape index (κ1) is 20.5. The number of fused-ring (bicyclic) bond motifs is 4. The lowest BCUT2D eigenvalue weighted by atomic mass is 9.70. The van der Waals surface area contributed by atoms with E-state index in [1.54, 1.807) is 7.11 Å². The van der Waals surface area contributed by atoms with Crippen molar-refractivity contribution in [2.45, 2.75) is 57.7 Å². The molecule has 2 aromatic rings. The molecule has 2 bridgehead atoms. The molecule has 3 saturated heterocycles. The van der Waals surface area contributed by atoms with E-state index in [4.69, 9.17) is 4.74 Å². The molecule has 1 amide bonds. The van der Waals surface area contributed by atoms with E-state index in [2.05, 4.69) is 46.0 Å². The van der Waals surface area contributed by atoms with Gasteiger partial charge in [-0.15, -0.1) is 0 Å². The second-order valence-corrected chi connectivity index (χ2v) is 9.60. The predicted molar refractivity (Wildman–Crippen MR) is 121 cm³/mol. The van der Waals surface area contributed by atoms with Crippen LogP contribution in [0.25, 0.3) is 0 Å². The minimum Gasteiger partial charge on any atom is -0.497 e. The minimum absolute atomic E-state index is 0.272. The van der Waals surface area contributed by atoms with Crippen LogP contribution in [0.5, 0.6) is 5.75 Å². The van der Waals surface area contributed by atoms with Crippen LogP contribution >= 0.6 is 0 Å². The third-order valence-corrected chi connectivity index (χ3v) is 7.64. The molecule has 164 valence electrons. The molecule has 0 radical (unpaired) electrons. The first-order chi connectivity index (χ1) is 15.1. The number of carbonyl (C=O) groups excluding carboxylic acids is 1. The number of aromatic nitrogens is 1. The second kappa shape index (κ2) is 8.62. The van der Waals surface area contributed by atoms with Gasteiger partial charge >= 0.3 is 0 Å². The highest BCUT2D eigenvalue weighted by Crippen LogP contribution is 2.43. The van der Waals surface area contributed by atoms with Crippen LogP contribution in [0.1, 0.15) is 42.5 Å². The van der Waals surface area contributed by atoms with E-state index >= 15 is 0 Å². The molecule has 0 spiro atoms. The Labute approximate surface area is 185 Å². The Balaban J connectivity index is 1.41. The lowest BCUT2D eigenvalue weighted by molar-refractivity contribution is -0.152. The summed E-state index contributed by atoms with van der Waals surface area (Å²) in [7, 11) is 1.72. The van der Waals surface area contributed by atoms with Gasteiger partial charge in [0.1, 0.15) is 5.75 Å². The largest absolute Gasteiger partial charge is 0.497 e. The number of carbonyl (C=O) groups is 1. The number of hydrogen-bond donors (Lipinski definition) is 0. The Kier molecular flexibility index (Phi) is 5.70. The Hall–Kier alpha value is -2.40. The van der Waals surface area contributed by atoms with Crippen LogP contribution in [0.2, 0.25) is 0 Å². The topological polar surface area (TPSA) is 45.7 Å². The van der Waals surface area contributed by atoms with Gasteiger partial charge in [0.2, 0.25) is 5.91 Å². The Morgan fingerprint density at radius 1 is 1.16 bits per heavy atom. The Bertz CT molecular complexity index is 946. The number of benzene rings is 1. The van der Waals surface area contributed by atoms with Crippen molar-refractivity contribution in [3.05, 3.63) is 59.4 Å². The third kappa shape index (κ3) is 4.08. The van der Waals surface area contributed by atoms with Gasteiger partial charge in [0.05, 0.1) is 12.8 Å². The third-order valence-electron chi connectivity index (χ3n) is 7.64. The summed E-state index contributed by atoms with van der Waals surface area (Å²) in [6.45, 7) is 5.18. The summed E-state index contributed by atoms with van der Waals surface area (Å²) in [5.74, 6) is 2.34. The SMILES string of the molecule is COc1cccc(C[C@H]2[C@H]3C[C@H](CN(Cc4ncccc4C)C3)[C@@H]3CCCC(=O)N32)c1. The van der Waals surface area contributed by atoms with Crippen LogP contribution in [-0.4, -0.2) is 53.0 Å². The number of methoxy groups -OCH3 is 1. The minimum atomic E-state index is 0.272. The molecule has 4 heterocycles. The number of piperidine rings is 3. The molecule has 1 aromatic carbocycles. The molecule has 3 aliphatic heterocycles. The number of nitrogens with zero attached hydrogens (tertiary/aromatic N) is 3. The van der Waals surface area contributed by atoms with Gasteiger partial charge in [-0.1, -0.05) is 18.2 Å². The molecule has 0 saturated carbocycles. The summed E-state index contributed by atoms with van der Waals surface area (Å²) in [5.41, 5.74) is 3.71. The van der Waals surface area contributed by atoms with E-state index in [1.165, 1.54) is 23.2 Å². The van der Waals surface area contributed by atoms with Crippen LogP contribution < -0.4 is 4.74 Å². The van der Waals surface area contributed by atoms with Gasteiger partial charge in [-0.05, 0) is 73.8 Å². The summed E-state index contributed by atoms with van der Waals surface area (Å²) < 4.78 is 5.45. The van der Waals surface area contributed by atoms with Gasteiger partial charge < -0.3 is 9.64 Å². The maximum absolute atomic E-state index is 13.1. The van der Waals surface area contributed by atoms with E-state index in [1.807, 2.05) is 18.3 Å². The van der Waals surface area contributed by atoms with E-state index in [9.17, 15) is 4.79 Å². The van der Waals surface area contributed by atoms with Crippen LogP contribution in [0.4, 0.5) is 0 Å². The second-order valence-electron chi connectivity index (χ2n) is 9.60. The Morgan fingerprint density at radius 3 is 2.87 bits per heavy atom. The summed E-state index contributed by atoms with van der Waals surface area (Å²) >= 11 is 0. The highest BCUT2D eigenvalue weighted by atomic mass is 16.5. The molecule has 5 rings (SSSR count). The number of likely N-dealkylation sites (tertiary alicyclic amines) is 1. The van der Waals surface area contributed by atoms with Gasteiger partial charge in [0.25, 0.3) is 0 Å². The van der Waals surface area contributed by atoms with Crippen LogP contribution in [0, 0.1) is 18.8 Å². The highest BCUT2D eigenvalue weighted by molar-refractivity contribution is 5.78. The number of aryl methyl sites for hydroxylation is 1. The number of rotatable bonds is 5. The molecule has 0 N–H and O–H groups in total. The fraction of sp³-hybridized carbons (Fsp3) is 0.538. The standard InChI is InChI=1S/C26H33N3O2/c1-18-6-5-11-27-23(18)17-28-15-20-14-21(16-28)25(29-24(20)9-4-10-26(29)30)13-19-7-3-8-22(12-19)31-2/h3,5-8,11-12,20-21,24-25H,4,9-10,13-17H2,1-2H3/t20-,21+,24+,25+/m1/s1. The van der Waals surface area contributed by atoms with E-state index < -0.39 is 0 Å². The maximum Gasteiger partial charge on any atom is 0.223 e. The number of amides is 1. The molecule has 0 aliphatic carbocycles. The van der Waals surface area contributed by atoms with Gasteiger partial charge in [-0.2, -0.15) is 0 Å². The van der Waals surface area contributed by atoms with Crippen molar-refractivity contribution in [2.75, 3.05) is 20.2 Å². The average molecular weight is 420 g/mol. The first-order valence-corrected chi connectivity index (χ1v) is 11.7. The molecule has 31 heavy (non-hydrogen) atoms. The molecular formula is C26H33N3O2. The highest BCUT2D eigenvalue weighted by Gasteiger charge is 2.49. The molecule has 5 nitrogen and oxygen atoms in total. The normalized spacial score (nSPS) is 28.3. The molecule has 4 atom stereocenters. The predicted octanol–water partition coefficient (Wildman–Crippen LogP) is 3.84. The fourth-order valence-electron chi connectivity index (χ4n) is 6.20. The first-order valence-electron chi connectivity index (χ1n) is 11.7. The summed E-state index contributed by atoms with van der Waals surface area (Å²) in [6, 6.07) is 13.2. The fourth-order valence-corrected chi connectivity index (χ4v) is 6.20. The van der Waals surface area contributed by atoms with Crippen LogP contribution in [-0.2, 0) is 17.8 Å². The van der Waals surface area contributed by atoms with Crippen molar-refractivity contribution < 1.29 is 9.53 Å². The van der Waals surface area contributed by atoms with E-state index in [0.29, 0.717) is 30.2 Å². The van der Waals surface area contributed by atoms with E-state index in [0.717, 1.165) is 44.6 Å². The molecule has 5 heteroatoms. The number of ether oxygens (including phenoxy) is 1. The lowest BCUT2D eigenvalue weighted by Gasteiger charge is -2.56. The van der Waals surface area contributed by atoms with Gasteiger partial charge in [-0.25, -0.2) is 0 Å². The molecule has 3 fully saturated rings. The molecule has 1 aromatic heterocycles. The van der Waals surface area contributed by atoms with Gasteiger partial charge in [0, 0.05) is 44.3 Å². The lowest BCUT2D eigenvalue weighted by Crippen LogP contribution is -2.65. The van der Waals surface area contributed by atoms with Crippen molar-refractivity contribution in [3.8, 4) is 5.75 Å². The number of pyridine rings is 1. The van der Waals surface area contributed by atoms with Crippen molar-refractivity contribution in [1.29, 1.82) is 0 Å². The van der Waals surface area contributed by atoms with Crippen LogP contribution in [0.15, 0.2) is 42.6 Å². The summed E-state index contributed by atoms with van der Waals surface area (Å²) in [4.78, 5) is 22.6. The number of hydrogen-bond acceptors (Lipinski definition) is 4.